The van der Waals surface area contributed by atoms with E-state index in [1.54, 1.807) is 18.2 Å². The van der Waals surface area contributed by atoms with Crippen molar-refractivity contribution in [1.82, 2.24) is 4.98 Å². The van der Waals surface area contributed by atoms with E-state index < -0.39 is 11.5 Å². The Bertz CT molecular complexity index is 990. The van der Waals surface area contributed by atoms with E-state index in [1.807, 2.05) is 6.07 Å². The van der Waals surface area contributed by atoms with Gasteiger partial charge in [0, 0.05) is 59.7 Å². The fourth-order valence-corrected chi connectivity index (χ4v) is 5.27. The normalized spacial score (nSPS) is 23.1. The predicted molar refractivity (Wildman–Crippen MR) is 113 cm³/mol. The van der Waals surface area contributed by atoms with E-state index in [0.29, 0.717) is 42.5 Å². The van der Waals surface area contributed by atoms with Gasteiger partial charge in [0.05, 0.1) is 0 Å². The number of carbonyl (C=O) groups is 2. The zero-order chi connectivity index (χ0) is 21.4. The minimum absolute atomic E-state index is 0.0196. The third-order valence-electron chi connectivity index (χ3n) is 6.42. The minimum atomic E-state index is -2.19. The summed E-state index contributed by atoms with van der Waals surface area (Å²) in [4.78, 5) is 29.3. The first kappa shape index (κ1) is 21.4. The molecule has 30 heavy (non-hydrogen) atoms. The van der Waals surface area contributed by atoms with Crippen molar-refractivity contribution >= 4 is 34.8 Å². The molecular formula is C23H22Cl2FNO3. The van der Waals surface area contributed by atoms with Gasteiger partial charge in [-0.05, 0) is 43.0 Å². The van der Waals surface area contributed by atoms with Gasteiger partial charge in [-0.2, -0.15) is 0 Å². The molecule has 0 N–H and O–H groups in total. The molecule has 0 amide bonds. The molecule has 7 heteroatoms. The Hall–Kier alpha value is -1.82. The Morgan fingerprint density at radius 3 is 2.63 bits per heavy atom. The highest BCUT2D eigenvalue weighted by Crippen LogP contribution is 2.45. The third-order valence-corrected chi connectivity index (χ3v) is 6.97. The van der Waals surface area contributed by atoms with E-state index in [4.69, 9.17) is 27.9 Å². The standard InChI is InChI=1S/C23H22Cl2FNO3/c24-15-3-4-16(18(25)14-15)22(9-12-30-13-10-22)7-6-20(29)23(26)8-5-19(28)21-17(23)2-1-11-27-21/h1-4,11,14H,5-10,12-13H2/t23-/m0/s1. The van der Waals surface area contributed by atoms with Crippen LogP contribution in [0.15, 0.2) is 36.5 Å². The molecule has 1 saturated heterocycles. The average Bonchev–Trinajstić information content (AvgIpc) is 2.75. The van der Waals surface area contributed by atoms with Gasteiger partial charge in [-0.25, -0.2) is 4.39 Å². The van der Waals surface area contributed by atoms with Gasteiger partial charge < -0.3 is 4.74 Å². The van der Waals surface area contributed by atoms with Crippen LogP contribution in [0.25, 0.3) is 0 Å². The van der Waals surface area contributed by atoms with E-state index in [0.717, 1.165) is 5.56 Å². The Morgan fingerprint density at radius 1 is 1.13 bits per heavy atom. The molecule has 1 aliphatic carbocycles. The molecule has 1 aliphatic heterocycles. The van der Waals surface area contributed by atoms with Crippen LogP contribution in [-0.4, -0.2) is 29.8 Å². The summed E-state index contributed by atoms with van der Waals surface area (Å²) in [5, 5.41) is 1.09. The first-order chi connectivity index (χ1) is 14.4. The van der Waals surface area contributed by atoms with E-state index in [2.05, 4.69) is 4.98 Å². The SMILES string of the molecule is O=C1CC[C@@](F)(C(=O)CCC2(c3ccc(Cl)cc3Cl)CCOCC2)c2cccnc21. The number of pyridine rings is 1. The molecule has 0 bridgehead atoms. The Labute approximate surface area is 184 Å². The van der Waals surface area contributed by atoms with E-state index in [1.165, 1.54) is 12.3 Å². The summed E-state index contributed by atoms with van der Waals surface area (Å²) >= 11 is 12.6. The lowest BCUT2D eigenvalue weighted by Crippen LogP contribution is -2.40. The van der Waals surface area contributed by atoms with Gasteiger partial charge in [0.15, 0.2) is 17.2 Å². The molecule has 158 valence electrons. The molecule has 2 heterocycles. The van der Waals surface area contributed by atoms with Gasteiger partial charge in [-0.15, -0.1) is 0 Å². The number of ether oxygens (including phenoxy) is 1. The summed E-state index contributed by atoms with van der Waals surface area (Å²) in [6, 6.07) is 8.43. The summed E-state index contributed by atoms with van der Waals surface area (Å²) in [5.74, 6) is -0.735. The van der Waals surface area contributed by atoms with Gasteiger partial charge in [0.1, 0.15) is 5.69 Å². The summed E-state index contributed by atoms with van der Waals surface area (Å²) < 4.78 is 21.5. The number of hydrogen-bond donors (Lipinski definition) is 0. The number of halogens is 3. The maximum atomic E-state index is 15.9. The van der Waals surface area contributed by atoms with Crippen molar-refractivity contribution in [3.8, 4) is 0 Å². The van der Waals surface area contributed by atoms with Crippen LogP contribution in [0.5, 0.6) is 0 Å². The van der Waals surface area contributed by atoms with Crippen molar-refractivity contribution in [1.29, 1.82) is 0 Å². The van der Waals surface area contributed by atoms with Gasteiger partial charge in [0.25, 0.3) is 0 Å². The Kier molecular flexibility index (Phi) is 5.97. The number of Topliss-reactive ketones (excluding diaryl/α,β-unsaturated/α-hetero) is 2. The lowest BCUT2D eigenvalue weighted by molar-refractivity contribution is -0.132. The van der Waals surface area contributed by atoms with E-state index in [-0.39, 0.29) is 41.7 Å². The lowest BCUT2D eigenvalue weighted by atomic mass is 9.69. The van der Waals surface area contributed by atoms with Gasteiger partial charge in [-0.1, -0.05) is 35.3 Å². The Morgan fingerprint density at radius 2 is 1.90 bits per heavy atom. The summed E-state index contributed by atoms with van der Waals surface area (Å²) in [7, 11) is 0. The van der Waals surface area contributed by atoms with Crippen LogP contribution >= 0.6 is 23.2 Å². The number of rotatable bonds is 5. The van der Waals surface area contributed by atoms with Crippen molar-refractivity contribution in [2.24, 2.45) is 0 Å². The smallest absolute Gasteiger partial charge is 0.196 e. The van der Waals surface area contributed by atoms with Crippen molar-refractivity contribution in [2.45, 2.75) is 49.6 Å². The van der Waals surface area contributed by atoms with Crippen LogP contribution in [0, 0.1) is 0 Å². The summed E-state index contributed by atoms with van der Waals surface area (Å²) in [5.41, 5.74) is -1.49. The highest BCUT2D eigenvalue weighted by atomic mass is 35.5. The van der Waals surface area contributed by atoms with E-state index in [9.17, 15) is 9.59 Å². The lowest BCUT2D eigenvalue weighted by Gasteiger charge is -2.39. The molecule has 4 rings (SSSR count). The largest absolute Gasteiger partial charge is 0.381 e. The van der Waals surface area contributed by atoms with Gasteiger partial charge in [0.2, 0.25) is 0 Å². The molecule has 4 nitrogen and oxygen atoms in total. The minimum Gasteiger partial charge on any atom is -0.381 e. The van der Waals surface area contributed by atoms with Gasteiger partial charge >= 0.3 is 0 Å². The van der Waals surface area contributed by atoms with Crippen LogP contribution in [0.1, 0.15) is 60.1 Å². The number of fused-ring (bicyclic) bond motifs is 1. The van der Waals surface area contributed by atoms with Crippen molar-refractivity contribution in [3.63, 3.8) is 0 Å². The predicted octanol–water partition coefficient (Wildman–Crippen LogP) is 5.63. The first-order valence-corrected chi connectivity index (χ1v) is 10.9. The molecule has 1 fully saturated rings. The van der Waals surface area contributed by atoms with E-state index >= 15 is 4.39 Å². The molecular weight excluding hydrogens is 428 g/mol. The maximum absolute atomic E-state index is 15.9. The molecule has 1 aromatic carbocycles. The number of benzene rings is 1. The summed E-state index contributed by atoms with van der Waals surface area (Å²) in [6.45, 7) is 1.10. The van der Waals surface area contributed by atoms with Crippen LogP contribution in [0.3, 0.4) is 0 Å². The molecule has 0 spiro atoms. The number of alkyl halides is 1. The fourth-order valence-electron chi connectivity index (χ4n) is 4.66. The van der Waals surface area contributed by atoms with Crippen LogP contribution in [-0.2, 0) is 20.6 Å². The zero-order valence-corrected chi connectivity index (χ0v) is 17.9. The Balaban J connectivity index is 1.61. The molecule has 0 saturated carbocycles. The zero-order valence-electron chi connectivity index (χ0n) is 16.4. The third kappa shape index (κ3) is 3.79. The van der Waals surface area contributed by atoms with Crippen LogP contribution in [0.4, 0.5) is 4.39 Å². The molecule has 1 aromatic heterocycles. The van der Waals surface area contributed by atoms with Gasteiger partial charge in [-0.3, -0.25) is 14.6 Å². The topological polar surface area (TPSA) is 56.3 Å². The van der Waals surface area contributed by atoms with Crippen LogP contribution < -0.4 is 0 Å². The summed E-state index contributed by atoms with van der Waals surface area (Å²) in [6.07, 6.45) is 3.17. The number of ketones is 2. The average molecular weight is 450 g/mol. The van der Waals surface area contributed by atoms with Crippen molar-refractivity contribution < 1.29 is 18.7 Å². The second-order valence-electron chi connectivity index (χ2n) is 8.06. The van der Waals surface area contributed by atoms with Crippen LogP contribution in [0.2, 0.25) is 10.0 Å². The second-order valence-corrected chi connectivity index (χ2v) is 8.91. The second kappa shape index (κ2) is 8.37. The number of nitrogens with zero attached hydrogens (tertiary/aromatic N) is 1. The molecule has 1 atom stereocenters. The quantitative estimate of drug-likeness (QED) is 0.593. The molecule has 2 aromatic rings. The highest BCUT2D eigenvalue weighted by Gasteiger charge is 2.47. The molecule has 2 aliphatic rings. The maximum Gasteiger partial charge on any atom is 0.196 e. The first-order valence-electron chi connectivity index (χ1n) is 10.1. The molecule has 0 radical (unpaired) electrons. The highest BCUT2D eigenvalue weighted by molar-refractivity contribution is 6.35. The number of carbonyl (C=O) groups excluding carboxylic acids is 2. The monoisotopic (exact) mass is 449 g/mol. The van der Waals surface area contributed by atoms with Crippen molar-refractivity contribution in [2.75, 3.05) is 13.2 Å². The molecule has 0 unspecified atom stereocenters. The van der Waals surface area contributed by atoms with Crippen molar-refractivity contribution in [3.05, 3.63) is 63.4 Å². The number of hydrogen-bond acceptors (Lipinski definition) is 4. The number of aromatic nitrogens is 1. The fraction of sp³-hybridized carbons (Fsp3) is 0.435.